The number of hydrogen-bond donors (Lipinski definition) is 1. The summed E-state index contributed by atoms with van der Waals surface area (Å²) in [6, 6.07) is 10.7. The number of allylic oxidation sites excluding steroid dienone is 1. The Labute approximate surface area is 202 Å². The molecule has 0 radical (unpaired) electrons. The number of nitrogens with zero attached hydrogens (tertiary/aromatic N) is 3. The molecule has 1 aromatic heterocycles. The summed E-state index contributed by atoms with van der Waals surface area (Å²) in [5.41, 5.74) is -1.23. The maximum atomic E-state index is 13.4. The summed E-state index contributed by atoms with van der Waals surface area (Å²) in [5, 5.41) is 6.48. The fraction of sp³-hybridized carbons (Fsp3) is 0.160. The highest BCUT2D eigenvalue weighted by atomic mass is 19.4. The molecular formula is C25H20F6N4O. The Morgan fingerprint density at radius 1 is 1.08 bits per heavy atom. The Hall–Kier alpha value is -4.15. The third kappa shape index (κ3) is 6.71. The number of amides is 1. The van der Waals surface area contributed by atoms with Crippen molar-refractivity contribution in [2.45, 2.75) is 25.8 Å². The molecule has 0 fully saturated rings. The number of carbonyl (C=O) groups excluding carboxylic acids is 1. The van der Waals surface area contributed by atoms with Crippen molar-refractivity contribution in [2.75, 3.05) is 5.32 Å². The van der Waals surface area contributed by atoms with Crippen LogP contribution in [-0.2, 0) is 23.7 Å². The van der Waals surface area contributed by atoms with Gasteiger partial charge in [-0.2, -0.15) is 31.4 Å². The van der Waals surface area contributed by atoms with E-state index in [1.165, 1.54) is 18.6 Å². The van der Waals surface area contributed by atoms with E-state index in [2.05, 4.69) is 22.1 Å². The molecule has 3 aromatic rings. The van der Waals surface area contributed by atoms with Crippen molar-refractivity contribution in [3.8, 4) is 0 Å². The van der Waals surface area contributed by atoms with Crippen molar-refractivity contribution in [3.63, 3.8) is 0 Å². The zero-order chi connectivity index (χ0) is 26.5. The van der Waals surface area contributed by atoms with E-state index in [-0.39, 0.29) is 17.3 Å². The molecule has 3 rings (SSSR count). The summed E-state index contributed by atoms with van der Waals surface area (Å²) in [6.07, 6.45) is -4.59. The first kappa shape index (κ1) is 26.5. The van der Waals surface area contributed by atoms with Crippen LogP contribution in [0.5, 0.6) is 0 Å². The highest BCUT2D eigenvalue weighted by Gasteiger charge is 2.38. The first-order valence-corrected chi connectivity index (χ1v) is 10.4. The standard InChI is InChI=1S/C25H20F6N4O/c1-16(17-6-4-3-5-7-17)10-19(12-32-2)23(36)34-21-13-33-35(15-21)14-18-8-9-20(24(26,27)28)11-22(18)25(29,30)31/h3-13,15H,2,14H2,1H3,(H,34,36)/b16-10+,19-12+. The van der Waals surface area contributed by atoms with Crippen molar-refractivity contribution < 1.29 is 31.1 Å². The van der Waals surface area contributed by atoms with Gasteiger partial charge in [-0.15, -0.1) is 0 Å². The van der Waals surface area contributed by atoms with Gasteiger partial charge in [0.25, 0.3) is 5.91 Å². The first-order chi connectivity index (χ1) is 16.9. The van der Waals surface area contributed by atoms with Crippen LogP contribution < -0.4 is 5.32 Å². The van der Waals surface area contributed by atoms with Gasteiger partial charge in [-0.1, -0.05) is 36.4 Å². The van der Waals surface area contributed by atoms with Crippen molar-refractivity contribution >= 4 is 23.9 Å². The quantitative estimate of drug-likeness (QED) is 0.170. The van der Waals surface area contributed by atoms with E-state index in [1.807, 2.05) is 30.3 Å². The Kier molecular flexibility index (Phi) is 7.81. The van der Waals surface area contributed by atoms with E-state index in [0.717, 1.165) is 21.9 Å². The molecule has 0 unspecified atom stereocenters. The second kappa shape index (κ2) is 10.6. The number of nitrogens with one attached hydrogen (secondary N) is 1. The zero-order valence-corrected chi connectivity index (χ0v) is 18.9. The van der Waals surface area contributed by atoms with Crippen LogP contribution in [0.1, 0.15) is 29.2 Å². The summed E-state index contributed by atoms with van der Waals surface area (Å²) in [4.78, 5) is 16.4. The molecule has 0 bridgehead atoms. The van der Waals surface area contributed by atoms with Crippen LogP contribution in [0.15, 0.2) is 83.8 Å². The molecule has 11 heteroatoms. The van der Waals surface area contributed by atoms with E-state index < -0.39 is 41.5 Å². The van der Waals surface area contributed by atoms with Crippen LogP contribution in [0.2, 0.25) is 0 Å². The van der Waals surface area contributed by atoms with Gasteiger partial charge in [0.1, 0.15) is 0 Å². The molecule has 1 N–H and O–H groups in total. The number of alkyl halides is 6. The molecule has 0 atom stereocenters. The number of anilines is 1. The van der Waals surface area contributed by atoms with Crippen molar-refractivity contribution in [2.24, 2.45) is 4.99 Å². The smallest absolute Gasteiger partial charge is 0.319 e. The van der Waals surface area contributed by atoms with Crippen molar-refractivity contribution in [1.82, 2.24) is 9.78 Å². The highest BCUT2D eigenvalue weighted by molar-refractivity contribution is 6.06. The summed E-state index contributed by atoms with van der Waals surface area (Å²) < 4.78 is 80.0. The van der Waals surface area contributed by atoms with Gasteiger partial charge in [-0.25, -0.2) is 0 Å². The lowest BCUT2D eigenvalue weighted by Gasteiger charge is -2.16. The Morgan fingerprint density at radius 2 is 1.78 bits per heavy atom. The minimum atomic E-state index is -5.00. The average Bonchev–Trinajstić information content (AvgIpc) is 3.24. The van der Waals surface area contributed by atoms with Gasteiger partial charge < -0.3 is 5.32 Å². The van der Waals surface area contributed by atoms with Gasteiger partial charge in [0.2, 0.25) is 0 Å². The number of rotatable bonds is 7. The predicted molar refractivity (Wildman–Crippen MR) is 124 cm³/mol. The summed E-state index contributed by atoms with van der Waals surface area (Å²) in [7, 11) is 0. The molecule has 5 nitrogen and oxygen atoms in total. The largest absolute Gasteiger partial charge is 0.416 e. The fourth-order valence-electron chi connectivity index (χ4n) is 3.32. The number of benzene rings is 2. The van der Waals surface area contributed by atoms with Gasteiger partial charge in [0.05, 0.1) is 35.1 Å². The maximum absolute atomic E-state index is 13.4. The lowest BCUT2D eigenvalue weighted by molar-refractivity contribution is -0.143. The van der Waals surface area contributed by atoms with E-state index in [4.69, 9.17) is 0 Å². The normalized spacial score (nSPS) is 13.0. The molecular weight excluding hydrogens is 486 g/mol. The second-order valence-corrected chi connectivity index (χ2v) is 7.71. The van der Waals surface area contributed by atoms with Gasteiger partial charge in [0, 0.05) is 12.4 Å². The van der Waals surface area contributed by atoms with E-state index in [0.29, 0.717) is 6.07 Å². The summed E-state index contributed by atoms with van der Waals surface area (Å²) in [5.74, 6) is -0.567. The van der Waals surface area contributed by atoms with Crippen LogP contribution in [0.25, 0.3) is 5.57 Å². The molecule has 2 aromatic carbocycles. The molecule has 0 spiro atoms. The molecule has 188 valence electrons. The number of halogens is 6. The monoisotopic (exact) mass is 506 g/mol. The second-order valence-electron chi connectivity index (χ2n) is 7.71. The minimum Gasteiger partial charge on any atom is -0.319 e. The van der Waals surface area contributed by atoms with E-state index >= 15 is 0 Å². The summed E-state index contributed by atoms with van der Waals surface area (Å²) in [6.45, 7) is 4.70. The number of carbonyl (C=O) groups is 1. The van der Waals surface area contributed by atoms with Crippen molar-refractivity contribution in [3.05, 3.63) is 101 Å². The number of aliphatic imine (C=N–C) groups is 1. The molecule has 1 amide bonds. The lowest BCUT2D eigenvalue weighted by Crippen LogP contribution is -2.15. The highest BCUT2D eigenvalue weighted by Crippen LogP contribution is 2.37. The van der Waals surface area contributed by atoms with Gasteiger partial charge in [0.15, 0.2) is 0 Å². The topological polar surface area (TPSA) is 59.3 Å². The van der Waals surface area contributed by atoms with Crippen LogP contribution in [0.4, 0.5) is 32.0 Å². The number of hydrogen-bond acceptors (Lipinski definition) is 3. The third-order valence-corrected chi connectivity index (χ3v) is 5.06. The molecule has 0 saturated heterocycles. The molecule has 1 heterocycles. The molecule has 0 aliphatic carbocycles. The predicted octanol–water partition coefficient (Wildman–Crippen LogP) is 6.60. The van der Waals surface area contributed by atoms with Crippen LogP contribution in [0.3, 0.4) is 0 Å². The Morgan fingerprint density at radius 3 is 2.39 bits per heavy atom. The SMILES string of the molecule is C=N/C=C(\C=C(/C)c1ccccc1)C(=O)Nc1cnn(Cc2ccc(C(F)(F)F)cc2C(F)(F)F)c1. The van der Waals surface area contributed by atoms with E-state index in [9.17, 15) is 31.1 Å². The fourth-order valence-corrected chi connectivity index (χ4v) is 3.32. The molecule has 0 saturated carbocycles. The minimum absolute atomic E-state index is 0.0717. The maximum Gasteiger partial charge on any atom is 0.416 e. The third-order valence-electron chi connectivity index (χ3n) is 5.06. The number of aromatic nitrogens is 2. The molecule has 0 aliphatic rings. The zero-order valence-electron chi connectivity index (χ0n) is 18.9. The Bertz CT molecular complexity index is 1300. The van der Waals surface area contributed by atoms with Crippen LogP contribution in [0, 0.1) is 0 Å². The van der Waals surface area contributed by atoms with Crippen LogP contribution in [-0.4, -0.2) is 22.4 Å². The lowest BCUT2D eigenvalue weighted by atomic mass is 10.0. The average molecular weight is 506 g/mol. The van der Waals surface area contributed by atoms with Gasteiger partial charge in [-0.3, -0.25) is 14.5 Å². The van der Waals surface area contributed by atoms with Gasteiger partial charge in [-0.05, 0) is 48.6 Å². The Balaban J connectivity index is 1.80. The van der Waals surface area contributed by atoms with Crippen molar-refractivity contribution in [1.29, 1.82) is 0 Å². The first-order valence-electron chi connectivity index (χ1n) is 10.4. The summed E-state index contributed by atoms with van der Waals surface area (Å²) >= 11 is 0. The van der Waals surface area contributed by atoms with Crippen LogP contribution >= 0.6 is 0 Å². The molecule has 36 heavy (non-hydrogen) atoms. The molecule has 0 aliphatic heterocycles. The van der Waals surface area contributed by atoms with E-state index in [1.54, 1.807) is 13.0 Å². The van der Waals surface area contributed by atoms with Gasteiger partial charge >= 0.3 is 12.4 Å².